The number of rotatable bonds is 3. The Bertz CT molecular complexity index is 525. The Morgan fingerprint density at radius 1 is 1.29 bits per heavy atom. The Kier molecular flexibility index (Phi) is 4.12. The summed E-state index contributed by atoms with van der Waals surface area (Å²) in [6.45, 7) is 6.10. The van der Waals surface area contributed by atoms with Crippen molar-refractivity contribution in [3.05, 3.63) is 29.3 Å². The number of carbonyl (C=O) groups excluding carboxylic acids is 1. The highest BCUT2D eigenvalue weighted by Crippen LogP contribution is 2.23. The number of benzene rings is 1. The van der Waals surface area contributed by atoms with Crippen LogP contribution in [0, 0.1) is 6.92 Å². The second-order valence-corrected chi connectivity index (χ2v) is 6.11. The summed E-state index contributed by atoms with van der Waals surface area (Å²) in [7, 11) is 0. The van der Waals surface area contributed by atoms with Gasteiger partial charge in [-0.05, 0) is 63.0 Å². The molecule has 114 valence electrons. The van der Waals surface area contributed by atoms with Gasteiger partial charge >= 0.3 is 0 Å². The van der Waals surface area contributed by atoms with Gasteiger partial charge < -0.3 is 10.3 Å². The lowest BCUT2D eigenvalue weighted by Gasteiger charge is -2.24. The molecule has 0 radical (unpaired) electrons. The Hall–Kier alpha value is -1.59. The molecule has 0 bridgehead atoms. The summed E-state index contributed by atoms with van der Waals surface area (Å²) >= 11 is 0. The number of hydrogen-bond acceptors (Lipinski definition) is 4. The van der Waals surface area contributed by atoms with Crippen molar-refractivity contribution >= 4 is 11.6 Å². The van der Waals surface area contributed by atoms with E-state index in [2.05, 4.69) is 10.3 Å². The highest BCUT2D eigenvalue weighted by atomic mass is 16.2. The van der Waals surface area contributed by atoms with E-state index >= 15 is 0 Å². The van der Waals surface area contributed by atoms with Crippen LogP contribution in [0.4, 0.5) is 5.69 Å². The number of anilines is 1. The zero-order chi connectivity index (χ0) is 14.8. The number of hydrogen-bond donors (Lipinski definition) is 2. The van der Waals surface area contributed by atoms with Gasteiger partial charge in [0.05, 0.1) is 0 Å². The van der Waals surface area contributed by atoms with Crippen LogP contribution in [-0.2, 0) is 0 Å². The summed E-state index contributed by atoms with van der Waals surface area (Å²) in [5.74, 6) is 5.55. The van der Waals surface area contributed by atoms with Crippen LogP contribution in [-0.4, -0.2) is 47.9 Å². The quantitative estimate of drug-likeness (QED) is 0.655. The molecule has 2 aliphatic rings. The Labute approximate surface area is 126 Å². The summed E-state index contributed by atoms with van der Waals surface area (Å²) in [4.78, 5) is 17.2. The third kappa shape index (κ3) is 2.89. The molecule has 0 saturated carbocycles. The molecule has 3 rings (SSSR count). The maximum atomic E-state index is 12.7. The number of aryl methyl sites for hydroxylation is 1. The molecule has 3 N–H and O–H groups in total. The molecule has 5 heteroatoms. The topological polar surface area (TPSA) is 61.6 Å². The number of nitrogen functional groups attached to an aromatic ring is 1. The van der Waals surface area contributed by atoms with Crippen LogP contribution in [0.1, 0.15) is 35.2 Å². The lowest BCUT2D eigenvalue weighted by molar-refractivity contribution is 0.0779. The van der Waals surface area contributed by atoms with E-state index in [4.69, 9.17) is 5.84 Å². The first-order valence-electron chi connectivity index (χ1n) is 7.79. The number of carbonyl (C=O) groups is 1. The summed E-state index contributed by atoms with van der Waals surface area (Å²) in [6, 6.07) is 6.20. The monoisotopic (exact) mass is 288 g/mol. The van der Waals surface area contributed by atoms with Gasteiger partial charge in [-0.2, -0.15) is 0 Å². The zero-order valence-electron chi connectivity index (χ0n) is 12.6. The van der Waals surface area contributed by atoms with E-state index in [0.29, 0.717) is 6.04 Å². The van der Waals surface area contributed by atoms with E-state index < -0.39 is 0 Å². The SMILES string of the molecule is Cc1cc(NN)ccc1C(=O)N1CCC(N2CCCC2)C1. The van der Waals surface area contributed by atoms with E-state index in [-0.39, 0.29) is 5.91 Å². The van der Waals surface area contributed by atoms with E-state index in [0.717, 1.165) is 36.3 Å². The number of likely N-dealkylation sites (tertiary alicyclic amines) is 2. The van der Waals surface area contributed by atoms with Crippen molar-refractivity contribution in [2.75, 3.05) is 31.6 Å². The minimum absolute atomic E-state index is 0.151. The minimum atomic E-state index is 0.151. The van der Waals surface area contributed by atoms with Crippen LogP contribution in [0.15, 0.2) is 18.2 Å². The van der Waals surface area contributed by atoms with Gasteiger partial charge in [0, 0.05) is 30.4 Å². The predicted octanol–water partition coefficient (Wildman–Crippen LogP) is 1.59. The predicted molar refractivity (Wildman–Crippen MR) is 84.1 cm³/mol. The van der Waals surface area contributed by atoms with E-state index in [1.54, 1.807) is 0 Å². The second kappa shape index (κ2) is 6.03. The largest absolute Gasteiger partial charge is 0.337 e. The maximum Gasteiger partial charge on any atom is 0.254 e. The molecule has 1 atom stereocenters. The Balaban J connectivity index is 1.68. The normalized spacial score (nSPS) is 22.8. The summed E-state index contributed by atoms with van der Waals surface area (Å²) < 4.78 is 0. The first kappa shape index (κ1) is 14.4. The fourth-order valence-electron chi connectivity index (χ4n) is 3.49. The van der Waals surface area contributed by atoms with Gasteiger partial charge in [-0.25, -0.2) is 0 Å². The molecule has 1 amide bonds. The van der Waals surface area contributed by atoms with E-state index in [1.807, 2.05) is 30.0 Å². The van der Waals surface area contributed by atoms with Gasteiger partial charge in [-0.15, -0.1) is 0 Å². The molecule has 2 saturated heterocycles. The van der Waals surface area contributed by atoms with Crippen LogP contribution in [0.2, 0.25) is 0 Å². The Morgan fingerprint density at radius 2 is 2.05 bits per heavy atom. The molecule has 1 aromatic rings. The molecular weight excluding hydrogens is 264 g/mol. The fourth-order valence-corrected chi connectivity index (χ4v) is 3.49. The highest BCUT2D eigenvalue weighted by Gasteiger charge is 2.32. The molecule has 1 aromatic carbocycles. The van der Waals surface area contributed by atoms with Crippen molar-refractivity contribution < 1.29 is 4.79 Å². The number of nitrogens with one attached hydrogen (secondary N) is 1. The minimum Gasteiger partial charge on any atom is -0.337 e. The Morgan fingerprint density at radius 3 is 2.71 bits per heavy atom. The van der Waals surface area contributed by atoms with Crippen molar-refractivity contribution in [3.8, 4) is 0 Å². The van der Waals surface area contributed by atoms with Gasteiger partial charge in [0.15, 0.2) is 0 Å². The summed E-state index contributed by atoms with van der Waals surface area (Å²) in [6.07, 6.45) is 3.71. The second-order valence-electron chi connectivity index (χ2n) is 6.11. The number of nitrogens with zero attached hydrogens (tertiary/aromatic N) is 2. The molecule has 1 unspecified atom stereocenters. The number of hydrazine groups is 1. The lowest BCUT2D eigenvalue weighted by Crippen LogP contribution is -2.37. The van der Waals surface area contributed by atoms with Crippen LogP contribution >= 0.6 is 0 Å². The van der Waals surface area contributed by atoms with Crippen LogP contribution in [0.5, 0.6) is 0 Å². The maximum absolute atomic E-state index is 12.7. The molecule has 2 heterocycles. The van der Waals surface area contributed by atoms with Crippen molar-refractivity contribution in [2.45, 2.75) is 32.2 Å². The molecule has 0 aromatic heterocycles. The van der Waals surface area contributed by atoms with Gasteiger partial charge in [0.25, 0.3) is 5.91 Å². The van der Waals surface area contributed by atoms with E-state index in [1.165, 1.54) is 25.9 Å². The van der Waals surface area contributed by atoms with E-state index in [9.17, 15) is 4.79 Å². The molecular formula is C16H24N4O. The van der Waals surface area contributed by atoms with Gasteiger partial charge in [0.1, 0.15) is 0 Å². The van der Waals surface area contributed by atoms with Gasteiger partial charge in [-0.3, -0.25) is 15.5 Å². The van der Waals surface area contributed by atoms with Gasteiger partial charge in [0.2, 0.25) is 0 Å². The van der Waals surface area contributed by atoms with Crippen molar-refractivity contribution in [3.63, 3.8) is 0 Å². The average molecular weight is 288 g/mol. The third-order valence-corrected chi connectivity index (χ3v) is 4.73. The molecule has 0 spiro atoms. The smallest absolute Gasteiger partial charge is 0.254 e. The molecule has 0 aliphatic carbocycles. The fraction of sp³-hybridized carbons (Fsp3) is 0.562. The number of nitrogens with two attached hydrogens (primary N) is 1. The summed E-state index contributed by atoms with van der Waals surface area (Å²) in [5, 5.41) is 0. The van der Waals surface area contributed by atoms with Crippen LogP contribution in [0.25, 0.3) is 0 Å². The molecule has 2 fully saturated rings. The zero-order valence-corrected chi connectivity index (χ0v) is 12.6. The molecule has 21 heavy (non-hydrogen) atoms. The average Bonchev–Trinajstić information content (AvgIpc) is 3.17. The number of amides is 1. The molecule has 5 nitrogen and oxygen atoms in total. The van der Waals surface area contributed by atoms with Crippen molar-refractivity contribution in [2.24, 2.45) is 5.84 Å². The van der Waals surface area contributed by atoms with Crippen LogP contribution in [0.3, 0.4) is 0 Å². The van der Waals surface area contributed by atoms with Crippen LogP contribution < -0.4 is 11.3 Å². The first-order valence-corrected chi connectivity index (χ1v) is 7.79. The highest BCUT2D eigenvalue weighted by molar-refractivity contribution is 5.96. The first-order chi connectivity index (χ1) is 10.2. The molecule has 2 aliphatic heterocycles. The van der Waals surface area contributed by atoms with Crippen molar-refractivity contribution in [1.29, 1.82) is 0 Å². The standard InChI is InChI=1S/C16H24N4O/c1-12-10-13(18-17)4-5-15(12)16(21)20-9-6-14(11-20)19-7-2-3-8-19/h4-5,10,14,18H,2-3,6-9,11,17H2,1H3. The van der Waals surface area contributed by atoms with Gasteiger partial charge in [-0.1, -0.05) is 0 Å². The third-order valence-electron chi connectivity index (χ3n) is 4.73. The summed E-state index contributed by atoms with van der Waals surface area (Å²) in [5.41, 5.74) is 5.21. The van der Waals surface area contributed by atoms with Crippen molar-refractivity contribution in [1.82, 2.24) is 9.80 Å². The lowest BCUT2D eigenvalue weighted by atomic mass is 10.1.